The largest absolute Gasteiger partial charge is 0.733 e. The molecule has 0 aromatic heterocycles. The number of carbonyl (C=O) groups is 1. The lowest BCUT2D eigenvalue weighted by atomic mass is 9.70. The van der Waals surface area contributed by atoms with Crippen molar-refractivity contribution < 1.29 is 10.0 Å². The smallest absolute Gasteiger partial charge is 0.167 e. The number of hydrogen-bond acceptors (Lipinski definition) is 5. The number of carbonyl (C=O) groups excluding carboxylic acids is 1. The molecule has 5 heteroatoms. The van der Waals surface area contributed by atoms with Crippen LogP contribution < -0.4 is 10.5 Å². The molecule has 2 aliphatic carbocycles. The Morgan fingerprint density at radius 1 is 1.32 bits per heavy atom. The molecule has 118 valence electrons. The number of nitrogens with one attached hydrogen (secondary N) is 1. The zero-order chi connectivity index (χ0) is 16.1. The number of allylic oxidation sites excluding steroid dienone is 1. The molecule has 0 radical (unpaired) electrons. The molecule has 2 fully saturated rings. The van der Waals surface area contributed by atoms with Gasteiger partial charge in [-0.25, -0.2) is 0 Å². The first-order valence-corrected chi connectivity index (χ1v) is 7.55. The molecule has 2 aliphatic rings. The molecule has 1 aromatic carbocycles. The molecule has 0 heterocycles. The van der Waals surface area contributed by atoms with Crippen LogP contribution >= 0.6 is 0 Å². The van der Waals surface area contributed by atoms with Crippen LogP contribution in [0.25, 0.3) is 0 Å². The SMILES string of the molecule is CC1(C)[C@H]2CC[C@]1(C)C(=O)C2=CNc1ccc(N([O-])O)cc1. The summed E-state index contributed by atoms with van der Waals surface area (Å²) < 4.78 is 0. The first kappa shape index (κ1) is 15.1. The van der Waals surface area contributed by atoms with Crippen LogP contribution in [0.3, 0.4) is 0 Å². The van der Waals surface area contributed by atoms with Gasteiger partial charge in [0.15, 0.2) is 5.78 Å². The highest BCUT2D eigenvalue weighted by Gasteiger charge is 2.63. The Labute approximate surface area is 130 Å². The van der Waals surface area contributed by atoms with Crippen LogP contribution in [-0.4, -0.2) is 11.0 Å². The number of hydrogen-bond donors (Lipinski definition) is 2. The van der Waals surface area contributed by atoms with Gasteiger partial charge in [-0.1, -0.05) is 20.8 Å². The summed E-state index contributed by atoms with van der Waals surface area (Å²) in [6, 6.07) is 6.42. The summed E-state index contributed by atoms with van der Waals surface area (Å²) >= 11 is 0. The van der Waals surface area contributed by atoms with Crippen molar-refractivity contribution in [2.45, 2.75) is 33.6 Å². The lowest BCUT2D eigenvalue weighted by molar-refractivity contribution is -0.125. The predicted octanol–water partition coefficient (Wildman–Crippen LogP) is 3.70. The first-order valence-electron chi connectivity index (χ1n) is 7.55. The highest BCUT2D eigenvalue weighted by atomic mass is 16.8. The Balaban J connectivity index is 1.81. The summed E-state index contributed by atoms with van der Waals surface area (Å²) in [6.45, 7) is 6.44. The van der Waals surface area contributed by atoms with Crippen LogP contribution in [0.2, 0.25) is 0 Å². The zero-order valence-corrected chi connectivity index (χ0v) is 13.1. The van der Waals surface area contributed by atoms with Gasteiger partial charge >= 0.3 is 0 Å². The van der Waals surface area contributed by atoms with E-state index < -0.39 is 0 Å². The monoisotopic (exact) mass is 301 g/mol. The Morgan fingerprint density at radius 2 is 1.95 bits per heavy atom. The van der Waals surface area contributed by atoms with Crippen LogP contribution in [0.1, 0.15) is 33.6 Å². The molecule has 2 N–H and O–H groups in total. The fourth-order valence-corrected chi connectivity index (χ4v) is 3.94. The number of Topliss-reactive ketones (excluding diaryl/α,β-unsaturated/α-hetero) is 1. The van der Waals surface area contributed by atoms with Crippen LogP contribution in [0.4, 0.5) is 11.4 Å². The van der Waals surface area contributed by atoms with E-state index in [0.717, 1.165) is 24.1 Å². The van der Waals surface area contributed by atoms with E-state index in [-0.39, 0.29) is 27.5 Å². The van der Waals surface area contributed by atoms with Gasteiger partial charge in [0.2, 0.25) is 0 Å². The van der Waals surface area contributed by atoms with E-state index in [1.54, 1.807) is 12.1 Å². The molecule has 22 heavy (non-hydrogen) atoms. The summed E-state index contributed by atoms with van der Waals surface area (Å²) in [5.41, 5.74) is 1.56. The van der Waals surface area contributed by atoms with Crippen molar-refractivity contribution >= 4 is 17.2 Å². The summed E-state index contributed by atoms with van der Waals surface area (Å²) in [6.07, 6.45) is 3.82. The standard InChI is InChI=1S/C17H21N2O3/c1-16(2)14-8-9-17(16,3)15(20)13(14)10-18-11-4-6-12(7-5-11)19(21)22/h4-7,10,14,18,21H,8-9H2,1-3H3/q-1/t14-,17+/m0/s1. The Bertz CT molecular complexity index is 634. The van der Waals surface area contributed by atoms with E-state index >= 15 is 0 Å². The number of rotatable bonds is 3. The summed E-state index contributed by atoms with van der Waals surface area (Å²) in [7, 11) is 0. The third kappa shape index (κ3) is 1.96. The van der Waals surface area contributed by atoms with Crippen molar-refractivity contribution in [3.05, 3.63) is 41.2 Å². The third-order valence-corrected chi connectivity index (χ3v) is 5.85. The minimum Gasteiger partial charge on any atom is -0.733 e. The number of fused-ring (bicyclic) bond motifs is 2. The van der Waals surface area contributed by atoms with Crippen molar-refractivity contribution in [2.24, 2.45) is 16.7 Å². The van der Waals surface area contributed by atoms with Gasteiger partial charge in [0.25, 0.3) is 0 Å². The van der Waals surface area contributed by atoms with Crippen LogP contribution in [-0.2, 0) is 4.79 Å². The Morgan fingerprint density at radius 3 is 2.45 bits per heavy atom. The number of anilines is 2. The van der Waals surface area contributed by atoms with Crippen molar-refractivity contribution in [3.8, 4) is 0 Å². The lowest BCUT2D eigenvalue weighted by Gasteiger charge is -2.31. The van der Waals surface area contributed by atoms with E-state index in [9.17, 15) is 10.0 Å². The van der Waals surface area contributed by atoms with Crippen molar-refractivity contribution in [1.29, 1.82) is 0 Å². The van der Waals surface area contributed by atoms with Gasteiger partial charge in [-0.15, -0.1) is 0 Å². The van der Waals surface area contributed by atoms with E-state index in [1.807, 2.05) is 6.20 Å². The molecule has 0 saturated heterocycles. The molecule has 0 aliphatic heterocycles. The topological polar surface area (TPSA) is 75.6 Å². The van der Waals surface area contributed by atoms with Gasteiger partial charge in [-0.2, -0.15) is 0 Å². The molecular weight excluding hydrogens is 280 g/mol. The maximum atomic E-state index is 12.7. The molecule has 0 unspecified atom stereocenters. The average molecular weight is 301 g/mol. The predicted molar refractivity (Wildman–Crippen MR) is 85.4 cm³/mol. The second-order valence-corrected chi connectivity index (χ2v) is 7.04. The van der Waals surface area contributed by atoms with E-state index in [2.05, 4.69) is 26.1 Å². The third-order valence-electron chi connectivity index (χ3n) is 5.85. The summed E-state index contributed by atoms with van der Waals surface area (Å²) in [5.74, 6) is 0.547. The van der Waals surface area contributed by atoms with Gasteiger partial charge in [0.05, 0.1) is 5.69 Å². The molecule has 3 rings (SSSR count). The second kappa shape index (κ2) is 4.83. The Hall–Kier alpha value is -1.85. The van der Waals surface area contributed by atoms with Gasteiger partial charge in [-0.3, -0.25) is 10.0 Å². The summed E-state index contributed by atoms with van der Waals surface area (Å²) in [5, 5.41) is 22.5. The number of nitrogens with zero attached hydrogens (tertiary/aromatic N) is 1. The highest BCUT2D eigenvalue weighted by Crippen LogP contribution is 2.65. The summed E-state index contributed by atoms with van der Waals surface area (Å²) in [4.78, 5) is 12.7. The quantitative estimate of drug-likeness (QED) is 0.657. The van der Waals surface area contributed by atoms with Crippen LogP contribution in [0.15, 0.2) is 36.0 Å². The molecule has 1 aromatic rings. The van der Waals surface area contributed by atoms with E-state index in [4.69, 9.17) is 5.21 Å². The minimum atomic E-state index is -0.255. The average Bonchev–Trinajstić information content (AvgIpc) is 2.78. The Kier molecular flexibility index (Phi) is 3.30. The number of benzene rings is 1. The zero-order valence-electron chi connectivity index (χ0n) is 13.1. The fourth-order valence-electron chi connectivity index (χ4n) is 3.94. The highest BCUT2D eigenvalue weighted by molar-refractivity contribution is 6.04. The van der Waals surface area contributed by atoms with Crippen LogP contribution in [0.5, 0.6) is 0 Å². The molecule has 2 atom stereocenters. The van der Waals surface area contributed by atoms with Gasteiger partial charge in [0, 0.05) is 22.9 Å². The van der Waals surface area contributed by atoms with Crippen molar-refractivity contribution in [2.75, 3.05) is 10.5 Å². The minimum absolute atomic E-state index is 0.00139. The van der Waals surface area contributed by atoms with Crippen molar-refractivity contribution in [1.82, 2.24) is 0 Å². The number of ketones is 1. The molecule has 5 nitrogen and oxygen atoms in total. The van der Waals surface area contributed by atoms with E-state index in [0.29, 0.717) is 5.92 Å². The maximum Gasteiger partial charge on any atom is 0.167 e. The van der Waals surface area contributed by atoms with E-state index in [1.165, 1.54) is 12.1 Å². The van der Waals surface area contributed by atoms with Gasteiger partial charge in [-0.05, 0) is 48.4 Å². The lowest BCUT2D eigenvalue weighted by Crippen LogP contribution is -2.32. The maximum absolute atomic E-state index is 12.7. The van der Waals surface area contributed by atoms with Crippen molar-refractivity contribution in [3.63, 3.8) is 0 Å². The molecule has 2 saturated carbocycles. The van der Waals surface area contributed by atoms with Gasteiger partial charge in [0.1, 0.15) is 0 Å². The molecule has 2 bridgehead atoms. The fraction of sp³-hybridized carbons (Fsp3) is 0.471. The second-order valence-electron chi connectivity index (χ2n) is 7.04. The normalized spacial score (nSPS) is 30.9. The van der Waals surface area contributed by atoms with Gasteiger partial charge < -0.3 is 15.8 Å². The first-order chi connectivity index (χ1) is 10.3. The van der Waals surface area contributed by atoms with Crippen LogP contribution in [0, 0.1) is 22.0 Å². The molecule has 0 amide bonds. The molecular formula is C17H21N2O3-. The molecule has 0 spiro atoms.